The van der Waals surface area contributed by atoms with Gasteiger partial charge in [-0.3, -0.25) is 4.90 Å². The van der Waals surface area contributed by atoms with Crippen LogP contribution < -0.4 is 5.32 Å². The highest BCUT2D eigenvalue weighted by atomic mass is 35.5. The van der Waals surface area contributed by atoms with Crippen molar-refractivity contribution < 1.29 is 4.39 Å². The van der Waals surface area contributed by atoms with Crippen LogP contribution in [0, 0.1) is 5.82 Å². The number of hydrogen-bond donors (Lipinski definition) is 1. The molecule has 1 heterocycles. The van der Waals surface area contributed by atoms with Crippen LogP contribution in [0.2, 0.25) is 5.02 Å². The molecule has 1 fully saturated rings. The molecule has 2 rings (SSSR count). The number of piperazine rings is 1. The van der Waals surface area contributed by atoms with Crippen LogP contribution in [-0.4, -0.2) is 31.1 Å². The fourth-order valence-electron chi connectivity index (χ4n) is 2.89. The molecule has 0 saturated carbocycles. The second-order valence-electron chi connectivity index (χ2n) is 5.44. The van der Waals surface area contributed by atoms with E-state index in [1.54, 1.807) is 6.07 Å². The summed E-state index contributed by atoms with van der Waals surface area (Å²) in [5, 5.41) is 3.59. The molecule has 2 nitrogen and oxygen atoms in total. The standard InChI is InChI=1S/C16H24ClFN2/c1-2-3-4-8-15(20-11-9-19-10-12-20)13-6-5-7-14(17)16(13)18/h5-7,15,19H,2-4,8-12H2,1H3/t15-/m1/s1. The summed E-state index contributed by atoms with van der Waals surface area (Å²) < 4.78 is 14.3. The molecule has 0 aliphatic carbocycles. The van der Waals surface area contributed by atoms with E-state index in [1.165, 1.54) is 12.8 Å². The maximum Gasteiger partial charge on any atom is 0.146 e. The molecule has 0 amide bonds. The Morgan fingerprint density at radius 3 is 2.75 bits per heavy atom. The minimum absolute atomic E-state index is 0.155. The third-order valence-corrected chi connectivity index (χ3v) is 4.31. The molecule has 1 saturated heterocycles. The molecule has 1 aliphatic heterocycles. The first kappa shape index (κ1) is 15.7. The van der Waals surface area contributed by atoms with Crippen LogP contribution in [0.5, 0.6) is 0 Å². The zero-order valence-electron chi connectivity index (χ0n) is 12.2. The Morgan fingerprint density at radius 2 is 2.05 bits per heavy atom. The molecular formula is C16H24ClFN2. The highest BCUT2D eigenvalue weighted by molar-refractivity contribution is 6.30. The van der Waals surface area contributed by atoms with Gasteiger partial charge in [0.15, 0.2) is 0 Å². The van der Waals surface area contributed by atoms with Crippen LogP contribution in [0.4, 0.5) is 4.39 Å². The molecule has 1 aromatic carbocycles. The first-order valence-electron chi connectivity index (χ1n) is 7.62. The van der Waals surface area contributed by atoms with Gasteiger partial charge >= 0.3 is 0 Å². The van der Waals surface area contributed by atoms with Gasteiger partial charge in [-0.1, -0.05) is 49.9 Å². The fraction of sp³-hybridized carbons (Fsp3) is 0.625. The lowest BCUT2D eigenvalue weighted by Gasteiger charge is -2.35. The van der Waals surface area contributed by atoms with Crippen LogP contribution in [0.1, 0.15) is 44.2 Å². The van der Waals surface area contributed by atoms with E-state index in [4.69, 9.17) is 11.6 Å². The number of nitrogens with one attached hydrogen (secondary N) is 1. The van der Waals surface area contributed by atoms with Crippen LogP contribution in [0.25, 0.3) is 0 Å². The van der Waals surface area contributed by atoms with Gasteiger partial charge in [-0.25, -0.2) is 4.39 Å². The lowest BCUT2D eigenvalue weighted by molar-refractivity contribution is 0.159. The molecule has 0 bridgehead atoms. The fourth-order valence-corrected chi connectivity index (χ4v) is 3.08. The topological polar surface area (TPSA) is 15.3 Å². The molecule has 0 radical (unpaired) electrons. The minimum atomic E-state index is -0.241. The molecule has 0 spiro atoms. The number of halogens is 2. The Hall–Kier alpha value is -0.640. The van der Waals surface area contributed by atoms with Crippen molar-refractivity contribution in [1.29, 1.82) is 0 Å². The highest BCUT2D eigenvalue weighted by Gasteiger charge is 2.24. The van der Waals surface area contributed by atoms with E-state index in [9.17, 15) is 4.39 Å². The van der Waals surface area contributed by atoms with Crippen LogP contribution in [-0.2, 0) is 0 Å². The van der Waals surface area contributed by atoms with Crippen molar-refractivity contribution in [3.63, 3.8) is 0 Å². The summed E-state index contributed by atoms with van der Waals surface area (Å²) in [5.74, 6) is -0.241. The van der Waals surface area contributed by atoms with Gasteiger partial charge in [-0.15, -0.1) is 0 Å². The van der Waals surface area contributed by atoms with Gasteiger partial charge in [0.2, 0.25) is 0 Å². The lowest BCUT2D eigenvalue weighted by atomic mass is 9.97. The van der Waals surface area contributed by atoms with Crippen molar-refractivity contribution in [3.05, 3.63) is 34.6 Å². The van der Waals surface area contributed by atoms with E-state index in [-0.39, 0.29) is 16.9 Å². The summed E-state index contributed by atoms with van der Waals surface area (Å²) in [6.07, 6.45) is 4.53. The predicted molar refractivity (Wildman–Crippen MR) is 82.7 cm³/mol. The molecular weight excluding hydrogens is 275 g/mol. The van der Waals surface area contributed by atoms with Crippen LogP contribution >= 0.6 is 11.6 Å². The molecule has 4 heteroatoms. The number of benzene rings is 1. The van der Waals surface area contributed by atoms with Crippen molar-refractivity contribution in [2.24, 2.45) is 0 Å². The van der Waals surface area contributed by atoms with E-state index in [0.29, 0.717) is 0 Å². The summed E-state index contributed by atoms with van der Waals surface area (Å²) in [6, 6.07) is 5.53. The van der Waals surface area contributed by atoms with Gasteiger partial charge in [0.25, 0.3) is 0 Å². The largest absolute Gasteiger partial charge is 0.314 e. The molecule has 1 N–H and O–H groups in total. The smallest absolute Gasteiger partial charge is 0.146 e. The van der Waals surface area contributed by atoms with E-state index in [1.807, 2.05) is 12.1 Å². The van der Waals surface area contributed by atoms with Crippen molar-refractivity contribution in [2.75, 3.05) is 26.2 Å². The normalized spacial score (nSPS) is 18.1. The first-order chi connectivity index (χ1) is 9.74. The predicted octanol–water partition coefficient (Wildman–Crippen LogP) is 4.01. The summed E-state index contributed by atoms with van der Waals surface area (Å²) >= 11 is 5.95. The van der Waals surface area contributed by atoms with Crippen LogP contribution in [0.3, 0.4) is 0 Å². The van der Waals surface area contributed by atoms with Crippen molar-refractivity contribution >= 4 is 11.6 Å². The molecule has 1 aliphatic rings. The SMILES string of the molecule is CCCCC[C@H](c1cccc(Cl)c1F)N1CCNCC1. The van der Waals surface area contributed by atoms with E-state index >= 15 is 0 Å². The van der Waals surface area contributed by atoms with Gasteiger partial charge in [0, 0.05) is 37.8 Å². The average molecular weight is 299 g/mol. The van der Waals surface area contributed by atoms with Gasteiger partial charge in [-0.05, 0) is 12.5 Å². The summed E-state index contributed by atoms with van der Waals surface area (Å²) in [4.78, 5) is 2.39. The molecule has 1 atom stereocenters. The number of unbranched alkanes of at least 4 members (excludes halogenated alkanes) is 2. The Balaban J connectivity index is 2.17. The van der Waals surface area contributed by atoms with E-state index < -0.39 is 0 Å². The molecule has 1 aromatic rings. The van der Waals surface area contributed by atoms with Gasteiger partial charge in [0.1, 0.15) is 5.82 Å². The van der Waals surface area contributed by atoms with E-state index in [0.717, 1.165) is 44.6 Å². The molecule has 112 valence electrons. The second-order valence-corrected chi connectivity index (χ2v) is 5.85. The highest BCUT2D eigenvalue weighted by Crippen LogP contribution is 2.31. The van der Waals surface area contributed by atoms with Gasteiger partial charge < -0.3 is 5.32 Å². The lowest BCUT2D eigenvalue weighted by Crippen LogP contribution is -2.45. The molecule has 20 heavy (non-hydrogen) atoms. The average Bonchev–Trinajstić information content (AvgIpc) is 2.48. The first-order valence-corrected chi connectivity index (χ1v) is 8.00. The summed E-state index contributed by atoms with van der Waals surface area (Å²) in [7, 11) is 0. The number of rotatable bonds is 6. The number of hydrogen-bond acceptors (Lipinski definition) is 2. The molecule has 0 aromatic heterocycles. The summed E-state index contributed by atoms with van der Waals surface area (Å²) in [6.45, 7) is 6.10. The minimum Gasteiger partial charge on any atom is -0.314 e. The van der Waals surface area contributed by atoms with Crippen molar-refractivity contribution in [1.82, 2.24) is 10.2 Å². The zero-order chi connectivity index (χ0) is 14.4. The molecule has 0 unspecified atom stereocenters. The van der Waals surface area contributed by atoms with Gasteiger partial charge in [-0.2, -0.15) is 0 Å². The Morgan fingerprint density at radius 1 is 1.30 bits per heavy atom. The second kappa shape index (κ2) is 7.96. The third-order valence-electron chi connectivity index (χ3n) is 4.01. The number of nitrogens with zero attached hydrogens (tertiary/aromatic N) is 1. The maximum atomic E-state index is 14.3. The van der Waals surface area contributed by atoms with Crippen molar-refractivity contribution in [3.8, 4) is 0 Å². The zero-order valence-corrected chi connectivity index (χ0v) is 12.9. The van der Waals surface area contributed by atoms with Gasteiger partial charge in [0.05, 0.1) is 5.02 Å². The Kier molecular flexibility index (Phi) is 6.27. The monoisotopic (exact) mass is 298 g/mol. The maximum absolute atomic E-state index is 14.3. The summed E-state index contributed by atoms with van der Waals surface area (Å²) in [5.41, 5.74) is 0.760. The quantitative estimate of drug-likeness (QED) is 0.799. The van der Waals surface area contributed by atoms with Crippen molar-refractivity contribution in [2.45, 2.75) is 38.6 Å². The van der Waals surface area contributed by atoms with Crippen LogP contribution in [0.15, 0.2) is 18.2 Å². The Labute approximate surface area is 126 Å². The Bertz CT molecular complexity index is 419. The third kappa shape index (κ3) is 3.94. The van der Waals surface area contributed by atoms with E-state index in [2.05, 4.69) is 17.1 Å².